The summed E-state index contributed by atoms with van der Waals surface area (Å²) in [5.74, 6) is 0.0466. The molecule has 0 atom stereocenters. The zero-order chi connectivity index (χ0) is 14.7. The van der Waals surface area contributed by atoms with Crippen LogP contribution in [0.3, 0.4) is 0 Å². The third-order valence-electron chi connectivity index (χ3n) is 3.30. The highest BCUT2D eigenvalue weighted by atomic mass is 32.1. The molecule has 6 heteroatoms. The van der Waals surface area contributed by atoms with Crippen LogP contribution in [0.5, 0.6) is 0 Å². The highest BCUT2D eigenvalue weighted by Gasteiger charge is 2.22. The molecule has 5 nitrogen and oxygen atoms in total. The number of hydrogen-bond acceptors (Lipinski definition) is 4. The molecule has 0 N–H and O–H groups in total. The van der Waals surface area contributed by atoms with Crippen molar-refractivity contribution in [1.82, 2.24) is 9.80 Å². The fourth-order valence-electron chi connectivity index (χ4n) is 2.22. The van der Waals surface area contributed by atoms with E-state index in [-0.39, 0.29) is 12.0 Å². The molecule has 2 heterocycles. The maximum Gasteiger partial charge on any atom is 0.409 e. The Morgan fingerprint density at radius 1 is 1.35 bits per heavy atom. The average molecular weight is 296 g/mol. The Kier molecular flexibility index (Phi) is 4.65. The van der Waals surface area contributed by atoms with Crippen molar-refractivity contribution < 1.29 is 14.3 Å². The van der Waals surface area contributed by atoms with Crippen LogP contribution in [-0.2, 0) is 17.6 Å². The number of hydrogen-bond donors (Lipinski definition) is 0. The summed E-state index contributed by atoms with van der Waals surface area (Å²) in [4.78, 5) is 29.0. The zero-order valence-corrected chi connectivity index (χ0v) is 13.0. The van der Waals surface area contributed by atoms with Crippen LogP contribution in [0.4, 0.5) is 4.79 Å². The van der Waals surface area contributed by atoms with Crippen molar-refractivity contribution in [2.24, 2.45) is 0 Å². The maximum atomic E-state index is 12.0. The number of rotatable bonds is 2. The van der Waals surface area contributed by atoms with Crippen LogP contribution in [0.15, 0.2) is 6.07 Å². The van der Waals surface area contributed by atoms with E-state index < -0.39 is 0 Å². The van der Waals surface area contributed by atoms with Gasteiger partial charge in [0.2, 0.25) is 0 Å². The molecule has 1 aliphatic heterocycles. The van der Waals surface area contributed by atoms with E-state index in [0.29, 0.717) is 19.7 Å². The standard InChI is InChI=1S/C14H20N2O3S/c1-4-19-14(18)16-7-5-10-9-12(13(17)15(2)3)20-11(10)6-8-16/h9H,4-8H2,1-3H3. The monoisotopic (exact) mass is 296 g/mol. The first kappa shape index (κ1) is 14.8. The number of carbonyl (C=O) groups excluding carboxylic acids is 2. The fourth-order valence-corrected chi connectivity index (χ4v) is 3.44. The first-order chi connectivity index (χ1) is 9.52. The van der Waals surface area contributed by atoms with Gasteiger partial charge in [-0.2, -0.15) is 0 Å². The predicted molar refractivity (Wildman–Crippen MR) is 78.3 cm³/mol. The Morgan fingerprint density at radius 2 is 2.05 bits per heavy atom. The predicted octanol–water partition coefficient (Wildman–Crippen LogP) is 2.01. The lowest BCUT2D eigenvalue weighted by atomic mass is 10.1. The SMILES string of the molecule is CCOC(=O)N1CCc2cc(C(=O)N(C)C)sc2CC1. The van der Waals surface area contributed by atoms with Gasteiger partial charge < -0.3 is 14.5 Å². The zero-order valence-electron chi connectivity index (χ0n) is 12.1. The summed E-state index contributed by atoms with van der Waals surface area (Å²) < 4.78 is 5.04. The van der Waals surface area contributed by atoms with E-state index in [1.807, 2.05) is 13.0 Å². The molecule has 0 bridgehead atoms. The van der Waals surface area contributed by atoms with Crippen LogP contribution in [-0.4, -0.2) is 55.6 Å². The van der Waals surface area contributed by atoms with Gasteiger partial charge >= 0.3 is 6.09 Å². The maximum absolute atomic E-state index is 12.0. The summed E-state index contributed by atoms with van der Waals surface area (Å²) in [5, 5.41) is 0. The molecule has 2 amide bonds. The Bertz CT molecular complexity index is 485. The van der Waals surface area contributed by atoms with E-state index in [0.717, 1.165) is 17.7 Å². The molecule has 2 rings (SSSR count). The lowest BCUT2D eigenvalue weighted by Crippen LogP contribution is -2.33. The van der Waals surface area contributed by atoms with Crippen LogP contribution in [0.25, 0.3) is 0 Å². The van der Waals surface area contributed by atoms with Crippen molar-refractivity contribution in [2.75, 3.05) is 33.8 Å². The van der Waals surface area contributed by atoms with Crippen LogP contribution < -0.4 is 0 Å². The van der Waals surface area contributed by atoms with E-state index in [2.05, 4.69) is 0 Å². The smallest absolute Gasteiger partial charge is 0.409 e. The van der Waals surface area contributed by atoms with Gasteiger partial charge in [-0.15, -0.1) is 11.3 Å². The quantitative estimate of drug-likeness (QED) is 0.839. The molecule has 0 fully saturated rings. The van der Waals surface area contributed by atoms with E-state index in [1.165, 1.54) is 10.4 Å². The van der Waals surface area contributed by atoms with Gasteiger partial charge in [-0.25, -0.2) is 4.79 Å². The summed E-state index contributed by atoms with van der Waals surface area (Å²) in [6, 6.07) is 1.97. The van der Waals surface area contributed by atoms with Gasteiger partial charge in [0, 0.05) is 32.1 Å². The van der Waals surface area contributed by atoms with Crippen LogP contribution in [0.1, 0.15) is 27.0 Å². The molecule has 0 spiro atoms. The average Bonchev–Trinajstić information content (AvgIpc) is 2.71. The molecule has 1 aromatic rings. The number of fused-ring (bicyclic) bond motifs is 1. The summed E-state index contributed by atoms with van der Waals surface area (Å²) in [7, 11) is 3.52. The van der Waals surface area contributed by atoms with Gasteiger partial charge in [0.1, 0.15) is 0 Å². The van der Waals surface area contributed by atoms with E-state index in [9.17, 15) is 9.59 Å². The number of carbonyl (C=O) groups is 2. The molecular formula is C14H20N2O3S. The summed E-state index contributed by atoms with van der Waals surface area (Å²) in [6.45, 7) is 3.52. The highest BCUT2D eigenvalue weighted by Crippen LogP contribution is 2.27. The Labute approximate surface area is 123 Å². The number of nitrogens with zero attached hydrogens (tertiary/aromatic N) is 2. The van der Waals surface area contributed by atoms with Crippen molar-refractivity contribution in [1.29, 1.82) is 0 Å². The van der Waals surface area contributed by atoms with Gasteiger partial charge in [0.05, 0.1) is 11.5 Å². The van der Waals surface area contributed by atoms with E-state index in [1.54, 1.807) is 35.2 Å². The molecular weight excluding hydrogens is 276 g/mol. The van der Waals surface area contributed by atoms with Crippen molar-refractivity contribution in [3.8, 4) is 0 Å². The summed E-state index contributed by atoms with van der Waals surface area (Å²) >= 11 is 1.54. The lowest BCUT2D eigenvalue weighted by Gasteiger charge is -2.19. The van der Waals surface area contributed by atoms with Crippen molar-refractivity contribution in [3.05, 3.63) is 21.4 Å². The first-order valence-electron chi connectivity index (χ1n) is 6.77. The van der Waals surface area contributed by atoms with Crippen LogP contribution in [0.2, 0.25) is 0 Å². The molecule has 0 saturated carbocycles. The molecule has 0 radical (unpaired) electrons. The third-order valence-corrected chi connectivity index (χ3v) is 4.52. The number of ether oxygens (including phenoxy) is 1. The minimum absolute atomic E-state index is 0.0466. The number of amides is 2. The molecule has 1 aromatic heterocycles. The largest absolute Gasteiger partial charge is 0.450 e. The van der Waals surface area contributed by atoms with Crippen LogP contribution >= 0.6 is 11.3 Å². The Balaban J connectivity index is 2.07. The first-order valence-corrected chi connectivity index (χ1v) is 7.59. The Morgan fingerprint density at radius 3 is 2.70 bits per heavy atom. The molecule has 1 aliphatic rings. The van der Waals surface area contributed by atoms with Gasteiger partial charge in [-0.3, -0.25) is 4.79 Å². The van der Waals surface area contributed by atoms with Crippen molar-refractivity contribution >= 4 is 23.3 Å². The van der Waals surface area contributed by atoms with E-state index >= 15 is 0 Å². The number of thiophene rings is 1. The normalized spacial score (nSPS) is 14.4. The van der Waals surface area contributed by atoms with Crippen LogP contribution in [0, 0.1) is 0 Å². The molecule has 0 aromatic carbocycles. The summed E-state index contributed by atoms with van der Waals surface area (Å²) in [6.07, 6.45) is 1.33. The lowest BCUT2D eigenvalue weighted by molar-refractivity contribution is 0.0831. The molecule has 0 unspecified atom stereocenters. The van der Waals surface area contributed by atoms with Crippen molar-refractivity contribution in [2.45, 2.75) is 19.8 Å². The Hall–Kier alpha value is -1.56. The third kappa shape index (κ3) is 3.12. The minimum Gasteiger partial charge on any atom is -0.450 e. The van der Waals surface area contributed by atoms with Gasteiger partial charge in [0.15, 0.2) is 0 Å². The van der Waals surface area contributed by atoms with E-state index in [4.69, 9.17) is 4.74 Å². The topological polar surface area (TPSA) is 49.9 Å². The minimum atomic E-state index is -0.243. The fraction of sp³-hybridized carbons (Fsp3) is 0.571. The second-order valence-corrected chi connectivity index (χ2v) is 6.08. The van der Waals surface area contributed by atoms with Gasteiger partial charge in [0.25, 0.3) is 5.91 Å². The van der Waals surface area contributed by atoms with Crippen molar-refractivity contribution in [3.63, 3.8) is 0 Å². The molecule has 110 valence electrons. The molecule has 20 heavy (non-hydrogen) atoms. The van der Waals surface area contributed by atoms with Gasteiger partial charge in [-0.05, 0) is 31.4 Å². The molecule has 0 aliphatic carbocycles. The highest BCUT2D eigenvalue weighted by molar-refractivity contribution is 7.14. The summed E-state index contributed by atoms with van der Waals surface area (Å²) in [5.41, 5.74) is 1.19. The molecule has 0 saturated heterocycles. The van der Waals surface area contributed by atoms with Gasteiger partial charge in [-0.1, -0.05) is 0 Å². The second-order valence-electron chi connectivity index (χ2n) is 4.94. The second kappa shape index (κ2) is 6.26.